The number of nitriles is 1. The summed E-state index contributed by atoms with van der Waals surface area (Å²) in [4.78, 5) is 27.2. The number of aryl methyl sites for hydroxylation is 1. The molecule has 1 unspecified atom stereocenters. The van der Waals surface area contributed by atoms with Crippen molar-refractivity contribution in [3.8, 4) is 6.07 Å². The van der Waals surface area contributed by atoms with Crippen molar-refractivity contribution in [3.05, 3.63) is 12.1 Å². The molecule has 0 aromatic carbocycles. The van der Waals surface area contributed by atoms with Crippen LogP contribution in [0, 0.1) is 24.2 Å². The van der Waals surface area contributed by atoms with Gasteiger partial charge in [0.2, 0.25) is 17.8 Å². The van der Waals surface area contributed by atoms with Crippen LogP contribution < -0.4 is 10.6 Å². The number of aliphatic imine (C=N–C) groups is 1. The first-order valence-corrected chi connectivity index (χ1v) is 13.0. The van der Waals surface area contributed by atoms with Crippen molar-refractivity contribution in [1.82, 2.24) is 20.1 Å². The average molecular weight is 486 g/mol. The number of hydrogen-bond acceptors (Lipinski definition) is 7. The van der Waals surface area contributed by atoms with Crippen molar-refractivity contribution in [2.24, 2.45) is 10.9 Å². The number of amides is 1. The number of rotatable bonds is 6. The Morgan fingerprint density at radius 1 is 1.26 bits per heavy atom. The Hall–Kier alpha value is -2.64. The first-order valence-electron chi connectivity index (χ1n) is 13.0. The predicted molar refractivity (Wildman–Crippen MR) is 133 cm³/mol. The maximum Gasteiger partial charge on any atom is 0.246 e. The van der Waals surface area contributed by atoms with E-state index in [-0.39, 0.29) is 5.91 Å². The van der Waals surface area contributed by atoms with E-state index < -0.39 is 11.6 Å². The van der Waals surface area contributed by atoms with Crippen LogP contribution in [0.25, 0.3) is 0 Å². The van der Waals surface area contributed by atoms with Crippen LogP contribution in [-0.2, 0) is 9.53 Å². The van der Waals surface area contributed by atoms with Crippen molar-refractivity contribution in [2.45, 2.75) is 69.9 Å². The maximum atomic E-state index is 13.7. The fourth-order valence-electron chi connectivity index (χ4n) is 5.19. The van der Waals surface area contributed by atoms with Crippen molar-refractivity contribution in [2.75, 3.05) is 51.8 Å². The molecule has 3 heterocycles. The normalized spacial score (nSPS) is 22.9. The van der Waals surface area contributed by atoms with Crippen LogP contribution >= 0.6 is 0 Å². The zero-order valence-corrected chi connectivity index (χ0v) is 21.1. The summed E-state index contributed by atoms with van der Waals surface area (Å²) < 4.78 is 11.2. The van der Waals surface area contributed by atoms with E-state index in [4.69, 9.17) is 14.1 Å². The number of nitrogens with one attached hydrogen (secondary N) is 2. The Kier molecular flexibility index (Phi) is 8.63. The number of ether oxygens (including phenoxy) is 1. The van der Waals surface area contributed by atoms with Crippen LogP contribution in [-0.4, -0.2) is 84.7 Å². The standard InChI is InChI=1S/C25H39N7O3/c1-19-27-17-22(35-19)29-24(32-12-14-34-15-13-32)28-21(16-20-6-4-3-5-7-20)23(33)30-25(18-26)8-10-31(2)11-9-25/h17,20-21H,3-16H2,1-2H3,(H,28,29)(H,30,33). The third kappa shape index (κ3) is 6.95. The molecule has 3 fully saturated rings. The minimum Gasteiger partial charge on any atom is -0.425 e. The number of nitrogens with zero attached hydrogens (tertiary/aromatic N) is 5. The van der Waals surface area contributed by atoms with Gasteiger partial charge < -0.3 is 24.3 Å². The number of anilines is 1. The molecular formula is C25H39N7O3. The van der Waals surface area contributed by atoms with E-state index in [0.717, 1.165) is 25.9 Å². The number of carbonyl (C=O) groups is 1. The van der Waals surface area contributed by atoms with Crippen LogP contribution in [0.15, 0.2) is 15.6 Å². The molecule has 4 rings (SSSR count). The smallest absolute Gasteiger partial charge is 0.246 e. The summed E-state index contributed by atoms with van der Waals surface area (Å²) in [6.07, 6.45) is 9.45. The van der Waals surface area contributed by atoms with Gasteiger partial charge in [-0.1, -0.05) is 32.1 Å². The van der Waals surface area contributed by atoms with Gasteiger partial charge in [-0.25, -0.2) is 9.98 Å². The fraction of sp³-hybridized carbons (Fsp3) is 0.760. The van der Waals surface area contributed by atoms with Gasteiger partial charge in [0.05, 0.1) is 25.5 Å². The molecule has 10 nitrogen and oxygen atoms in total. The number of likely N-dealkylation sites (tertiary alicyclic amines) is 1. The first-order chi connectivity index (χ1) is 17.0. The molecule has 0 bridgehead atoms. The Bertz CT molecular complexity index is 904. The summed E-state index contributed by atoms with van der Waals surface area (Å²) >= 11 is 0. The highest BCUT2D eigenvalue weighted by molar-refractivity contribution is 5.95. The number of aromatic nitrogens is 1. The summed E-state index contributed by atoms with van der Waals surface area (Å²) in [6.45, 7) is 5.91. The Morgan fingerprint density at radius 3 is 2.60 bits per heavy atom. The molecule has 2 N–H and O–H groups in total. The molecule has 2 aliphatic heterocycles. The van der Waals surface area contributed by atoms with Gasteiger partial charge in [0.1, 0.15) is 11.6 Å². The fourth-order valence-corrected chi connectivity index (χ4v) is 5.19. The van der Waals surface area contributed by atoms with E-state index in [1.807, 2.05) is 7.05 Å². The van der Waals surface area contributed by atoms with Gasteiger partial charge in [0.25, 0.3) is 0 Å². The molecule has 1 amide bonds. The van der Waals surface area contributed by atoms with Crippen molar-refractivity contribution >= 4 is 17.8 Å². The lowest BCUT2D eigenvalue weighted by molar-refractivity contribution is -0.124. The molecule has 192 valence electrons. The SMILES string of the molecule is Cc1ncc(NC(=NC(CC2CCCCC2)C(=O)NC2(C#N)CCN(C)CC2)N2CCOCC2)o1. The highest BCUT2D eigenvalue weighted by atomic mass is 16.5. The number of morpholine rings is 1. The molecule has 1 aromatic rings. The maximum absolute atomic E-state index is 13.7. The second kappa shape index (κ2) is 11.9. The minimum absolute atomic E-state index is 0.164. The van der Waals surface area contributed by atoms with E-state index in [2.05, 4.69) is 31.5 Å². The lowest BCUT2D eigenvalue weighted by Gasteiger charge is -2.37. The second-order valence-corrected chi connectivity index (χ2v) is 10.2. The molecule has 2 saturated heterocycles. The van der Waals surface area contributed by atoms with Crippen molar-refractivity contribution < 1.29 is 13.9 Å². The summed E-state index contributed by atoms with van der Waals surface area (Å²) in [7, 11) is 2.05. The predicted octanol–water partition coefficient (Wildman–Crippen LogP) is 2.53. The lowest BCUT2D eigenvalue weighted by atomic mass is 9.84. The van der Waals surface area contributed by atoms with Gasteiger partial charge in [-0.15, -0.1) is 0 Å². The quantitative estimate of drug-likeness (QED) is 0.466. The van der Waals surface area contributed by atoms with Gasteiger partial charge in [-0.3, -0.25) is 10.1 Å². The van der Waals surface area contributed by atoms with Crippen LogP contribution in [0.2, 0.25) is 0 Å². The minimum atomic E-state index is -0.835. The van der Waals surface area contributed by atoms with Gasteiger partial charge >= 0.3 is 0 Å². The highest BCUT2D eigenvalue weighted by Crippen LogP contribution is 2.29. The van der Waals surface area contributed by atoms with E-state index in [9.17, 15) is 10.1 Å². The van der Waals surface area contributed by atoms with E-state index in [0.29, 0.717) is 69.2 Å². The Morgan fingerprint density at radius 2 is 1.97 bits per heavy atom. The largest absolute Gasteiger partial charge is 0.425 e. The second-order valence-electron chi connectivity index (χ2n) is 10.2. The van der Waals surface area contributed by atoms with E-state index in [1.165, 1.54) is 19.3 Å². The van der Waals surface area contributed by atoms with Crippen LogP contribution in [0.4, 0.5) is 5.88 Å². The first kappa shape index (κ1) is 25.5. The summed E-state index contributed by atoms with van der Waals surface area (Å²) in [6, 6.07) is 1.83. The number of carbonyl (C=O) groups excluding carboxylic acids is 1. The van der Waals surface area contributed by atoms with Crippen LogP contribution in [0.3, 0.4) is 0 Å². The number of guanidine groups is 1. The number of piperidine rings is 1. The summed E-state index contributed by atoms with van der Waals surface area (Å²) in [5.74, 6) is 1.94. The highest BCUT2D eigenvalue weighted by Gasteiger charge is 2.38. The van der Waals surface area contributed by atoms with Gasteiger partial charge in [-0.05, 0) is 32.2 Å². The zero-order chi connectivity index (χ0) is 24.7. The van der Waals surface area contributed by atoms with Crippen LogP contribution in [0.5, 0.6) is 0 Å². The monoisotopic (exact) mass is 485 g/mol. The Labute approximate surface area is 208 Å². The van der Waals surface area contributed by atoms with Crippen molar-refractivity contribution in [3.63, 3.8) is 0 Å². The topological polar surface area (TPSA) is 119 Å². The molecule has 1 aromatic heterocycles. The summed E-state index contributed by atoms with van der Waals surface area (Å²) in [5, 5.41) is 16.4. The van der Waals surface area contributed by atoms with E-state index in [1.54, 1.807) is 13.1 Å². The number of hydrogen-bond donors (Lipinski definition) is 2. The third-order valence-electron chi connectivity index (χ3n) is 7.45. The Balaban J connectivity index is 1.59. The van der Waals surface area contributed by atoms with Crippen molar-refractivity contribution in [1.29, 1.82) is 5.26 Å². The van der Waals surface area contributed by atoms with Gasteiger partial charge in [0.15, 0.2) is 5.89 Å². The molecule has 0 radical (unpaired) electrons. The molecule has 1 atom stereocenters. The third-order valence-corrected chi connectivity index (χ3v) is 7.45. The molecule has 3 aliphatic rings. The zero-order valence-electron chi connectivity index (χ0n) is 21.1. The molecule has 0 spiro atoms. The van der Waals surface area contributed by atoms with Gasteiger partial charge in [-0.2, -0.15) is 5.26 Å². The molecular weight excluding hydrogens is 446 g/mol. The number of oxazole rings is 1. The van der Waals surface area contributed by atoms with E-state index >= 15 is 0 Å². The molecule has 10 heteroatoms. The lowest BCUT2D eigenvalue weighted by Crippen LogP contribution is -2.56. The molecule has 35 heavy (non-hydrogen) atoms. The van der Waals surface area contributed by atoms with Crippen LogP contribution in [0.1, 0.15) is 57.3 Å². The summed E-state index contributed by atoms with van der Waals surface area (Å²) in [5.41, 5.74) is -0.835. The molecule has 1 aliphatic carbocycles. The molecule has 1 saturated carbocycles. The average Bonchev–Trinajstić information content (AvgIpc) is 3.30. The van der Waals surface area contributed by atoms with Gasteiger partial charge in [0, 0.05) is 33.1 Å².